The third kappa shape index (κ3) is 6.93. The second-order valence-corrected chi connectivity index (χ2v) is 2.89. The van der Waals surface area contributed by atoms with E-state index in [-0.39, 0.29) is 0 Å². The van der Waals surface area contributed by atoms with E-state index in [1.807, 2.05) is 25.2 Å². The summed E-state index contributed by atoms with van der Waals surface area (Å²) in [5.74, 6) is 0.578. The minimum atomic E-state index is 0.578. The summed E-state index contributed by atoms with van der Waals surface area (Å²) in [6.45, 7) is 6.12. The maximum atomic E-state index is 6.72. The van der Waals surface area contributed by atoms with E-state index in [0.29, 0.717) is 5.92 Å². The zero-order chi connectivity index (χ0) is 9.40. The normalized spacial score (nSPS) is 13.5. The molecule has 0 aliphatic rings. The van der Waals surface area contributed by atoms with Gasteiger partial charge in [-0.3, -0.25) is 5.41 Å². The highest BCUT2D eigenvalue weighted by molar-refractivity contribution is 5.97. The van der Waals surface area contributed by atoms with Crippen LogP contribution in [0, 0.1) is 11.3 Å². The second-order valence-electron chi connectivity index (χ2n) is 2.89. The Labute approximate surface area is 74.2 Å². The summed E-state index contributed by atoms with van der Waals surface area (Å²) in [6.07, 6.45) is 8.96. The number of nitrogens with one attached hydrogen (secondary N) is 1. The Morgan fingerprint density at radius 3 is 2.50 bits per heavy atom. The molecular weight excluding hydrogens is 148 g/mol. The highest BCUT2D eigenvalue weighted by atomic mass is 14.7. The van der Waals surface area contributed by atoms with Crippen LogP contribution in [0.15, 0.2) is 29.3 Å². The number of aliphatic imine (C=N–C) groups is 1. The van der Waals surface area contributed by atoms with Crippen LogP contribution in [0.2, 0.25) is 0 Å². The zero-order valence-corrected chi connectivity index (χ0v) is 7.91. The Kier molecular flexibility index (Phi) is 5.88. The molecule has 2 heteroatoms. The van der Waals surface area contributed by atoms with E-state index in [9.17, 15) is 0 Å². The van der Waals surface area contributed by atoms with Crippen molar-refractivity contribution in [1.82, 2.24) is 0 Å². The fourth-order valence-electron chi connectivity index (χ4n) is 0.626. The van der Waals surface area contributed by atoms with E-state index in [4.69, 9.17) is 5.41 Å². The van der Waals surface area contributed by atoms with Crippen LogP contribution in [0.25, 0.3) is 0 Å². The number of allylic oxidation sites excluding steroid dienone is 4. The van der Waals surface area contributed by atoms with Crippen molar-refractivity contribution >= 4 is 12.1 Å². The first kappa shape index (κ1) is 10.8. The van der Waals surface area contributed by atoms with Crippen molar-refractivity contribution in [3.8, 4) is 0 Å². The number of nitrogens with zero attached hydrogens (tertiary/aromatic N) is 1. The summed E-state index contributed by atoms with van der Waals surface area (Å²) < 4.78 is 0. The molecule has 1 N–H and O–H groups in total. The predicted molar refractivity (Wildman–Crippen MR) is 55.0 cm³/mol. The zero-order valence-electron chi connectivity index (χ0n) is 7.91. The van der Waals surface area contributed by atoms with Gasteiger partial charge in [0, 0.05) is 5.71 Å². The van der Waals surface area contributed by atoms with Gasteiger partial charge in [0.2, 0.25) is 0 Å². The third-order valence-electron chi connectivity index (χ3n) is 1.21. The summed E-state index contributed by atoms with van der Waals surface area (Å²) in [4.78, 5) is 3.78. The Morgan fingerprint density at radius 1 is 1.33 bits per heavy atom. The maximum absolute atomic E-state index is 6.72. The summed E-state index contributed by atoms with van der Waals surface area (Å²) in [5, 5.41) is 6.72. The highest BCUT2D eigenvalue weighted by Crippen LogP contribution is 1.93. The van der Waals surface area contributed by atoms with Crippen LogP contribution in [0.3, 0.4) is 0 Å². The van der Waals surface area contributed by atoms with Gasteiger partial charge in [-0.2, -0.15) is 0 Å². The molecule has 0 aliphatic heterocycles. The summed E-state index contributed by atoms with van der Waals surface area (Å²) in [5.41, 5.74) is 0.846. The van der Waals surface area contributed by atoms with Crippen LogP contribution in [0.5, 0.6) is 0 Å². The van der Waals surface area contributed by atoms with Gasteiger partial charge in [-0.05, 0) is 18.9 Å². The third-order valence-corrected chi connectivity index (χ3v) is 1.21. The average molecular weight is 164 g/mol. The molecule has 0 aromatic rings. The Balaban J connectivity index is 3.91. The summed E-state index contributed by atoms with van der Waals surface area (Å²) in [7, 11) is 0. The van der Waals surface area contributed by atoms with Crippen LogP contribution in [-0.4, -0.2) is 12.1 Å². The molecule has 0 fully saturated rings. The van der Waals surface area contributed by atoms with Crippen molar-refractivity contribution in [2.45, 2.75) is 20.8 Å². The Morgan fingerprint density at radius 2 is 2.00 bits per heavy atom. The molecule has 0 amide bonds. The predicted octanol–water partition coefficient (Wildman–Crippen LogP) is 2.82. The summed E-state index contributed by atoms with van der Waals surface area (Å²) in [6, 6.07) is 0. The van der Waals surface area contributed by atoms with Crippen LogP contribution < -0.4 is 0 Å². The molecule has 0 atom stereocenters. The molecule has 0 saturated carbocycles. The number of hydrogen-bond donors (Lipinski definition) is 1. The molecule has 0 spiro atoms. The minimum absolute atomic E-state index is 0.578. The van der Waals surface area contributed by atoms with E-state index >= 15 is 0 Å². The lowest BCUT2D eigenvalue weighted by Crippen LogP contribution is -1.83. The van der Waals surface area contributed by atoms with Gasteiger partial charge in [0.25, 0.3) is 0 Å². The molecule has 12 heavy (non-hydrogen) atoms. The SMILES string of the molecule is CC(/C=C/C=C/C(C)C)=N/C=N. The van der Waals surface area contributed by atoms with E-state index in [2.05, 4.69) is 24.9 Å². The molecule has 0 rings (SSSR count). The van der Waals surface area contributed by atoms with E-state index in [1.54, 1.807) is 0 Å². The van der Waals surface area contributed by atoms with Crippen molar-refractivity contribution < 1.29 is 0 Å². The van der Waals surface area contributed by atoms with E-state index in [1.165, 1.54) is 0 Å². The van der Waals surface area contributed by atoms with Crippen molar-refractivity contribution in [3.05, 3.63) is 24.3 Å². The molecule has 0 aromatic carbocycles. The van der Waals surface area contributed by atoms with Crippen molar-refractivity contribution in [2.75, 3.05) is 0 Å². The molecular formula is C10H16N2. The quantitative estimate of drug-likeness (QED) is 0.377. The lowest BCUT2D eigenvalue weighted by Gasteiger charge is -1.89. The average Bonchev–Trinajstić information content (AvgIpc) is 1.98. The first-order chi connectivity index (χ1) is 5.66. The molecule has 0 heterocycles. The van der Waals surface area contributed by atoms with E-state index in [0.717, 1.165) is 12.1 Å². The fourth-order valence-corrected chi connectivity index (χ4v) is 0.626. The highest BCUT2D eigenvalue weighted by Gasteiger charge is 1.80. The van der Waals surface area contributed by atoms with Gasteiger partial charge in [0.05, 0.1) is 0 Å². The molecule has 0 radical (unpaired) electrons. The fraction of sp³-hybridized carbons (Fsp3) is 0.400. The molecule has 0 aromatic heterocycles. The van der Waals surface area contributed by atoms with Crippen LogP contribution >= 0.6 is 0 Å². The van der Waals surface area contributed by atoms with Crippen molar-refractivity contribution in [1.29, 1.82) is 5.41 Å². The van der Waals surface area contributed by atoms with Gasteiger partial charge < -0.3 is 0 Å². The van der Waals surface area contributed by atoms with Crippen LogP contribution in [0.1, 0.15) is 20.8 Å². The smallest absolute Gasteiger partial charge is 0.107 e. The lowest BCUT2D eigenvalue weighted by atomic mass is 10.2. The topological polar surface area (TPSA) is 36.2 Å². The summed E-state index contributed by atoms with van der Waals surface area (Å²) >= 11 is 0. The van der Waals surface area contributed by atoms with Gasteiger partial charge in [-0.25, -0.2) is 4.99 Å². The van der Waals surface area contributed by atoms with Gasteiger partial charge in [0.15, 0.2) is 0 Å². The number of hydrogen-bond acceptors (Lipinski definition) is 1. The standard InChI is InChI=1S/C10H16N2/c1-9(2)6-4-5-7-10(3)12-8-11/h4-9,11H,1-3H3/b6-4+,7-5+,11-8?,12-10-. The van der Waals surface area contributed by atoms with Crippen molar-refractivity contribution in [2.24, 2.45) is 10.9 Å². The number of rotatable bonds is 4. The molecule has 0 aliphatic carbocycles. The molecule has 2 nitrogen and oxygen atoms in total. The van der Waals surface area contributed by atoms with Gasteiger partial charge >= 0.3 is 0 Å². The lowest BCUT2D eigenvalue weighted by molar-refractivity contribution is 0.832. The molecule has 66 valence electrons. The molecule has 0 saturated heterocycles. The van der Waals surface area contributed by atoms with Crippen LogP contribution in [-0.2, 0) is 0 Å². The molecule has 0 unspecified atom stereocenters. The first-order valence-electron chi connectivity index (χ1n) is 4.05. The van der Waals surface area contributed by atoms with Gasteiger partial charge in [-0.1, -0.05) is 32.1 Å². The Bertz CT molecular complexity index is 210. The largest absolute Gasteiger partial charge is 0.290 e. The Hall–Kier alpha value is -1.18. The minimum Gasteiger partial charge on any atom is -0.290 e. The molecule has 0 bridgehead atoms. The first-order valence-corrected chi connectivity index (χ1v) is 4.05. The van der Waals surface area contributed by atoms with Crippen LogP contribution in [0.4, 0.5) is 0 Å². The monoisotopic (exact) mass is 164 g/mol. The maximum Gasteiger partial charge on any atom is 0.107 e. The second kappa shape index (κ2) is 6.53. The van der Waals surface area contributed by atoms with E-state index < -0.39 is 0 Å². The van der Waals surface area contributed by atoms with Gasteiger partial charge in [-0.15, -0.1) is 0 Å². The van der Waals surface area contributed by atoms with Crippen molar-refractivity contribution in [3.63, 3.8) is 0 Å². The van der Waals surface area contributed by atoms with Gasteiger partial charge in [0.1, 0.15) is 6.34 Å².